The number of aromatic nitrogens is 1. The lowest BCUT2D eigenvalue weighted by molar-refractivity contribution is -0.131. The molecule has 1 saturated heterocycles. The molecule has 140 valence electrons. The molecular weight excluding hydrogens is 431 g/mol. The van der Waals surface area contributed by atoms with Crippen molar-refractivity contribution in [1.29, 1.82) is 0 Å². The lowest BCUT2D eigenvalue weighted by Gasteiger charge is -2.35. The molecule has 25 heavy (non-hydrogen) atoms. The van der Waals surface area contributed by atoms with Gasteiger partial charge in [-0.05, 0) is 26.0 Å². The first-order chi connectivity index (χ1) is 11.7. The predicted octanol–water partition coefficient (Wildman–Crippen LogP) is 1.39. The zero-order valence-electron chi connectivity index (χ0n) is 15.1. The number of rotatable bonds is 6. The Hall–Kier alpha value is -1.58. The van der Waals surface area contributed by atoms with Crippen LogP contribution in [0.1, 0.15) is 20.3 Å². The largest absolute Gasteiger partial charge is 0.370 e. The summed E-state index contributed by atoms with van der Waals surface area (Å²) >= 11 is 0. The third-order valence-corrected chi connectivity index (χ3v) is 4.29. The highest BCUT2D eigenvalue weighted by molar-refractivity contribution is 14.0. The van der Waals surface area contributed by atoms with Gasteiger partial charge in [-0.1, -0.05) is 6.07 Å². The first kappa shape index (κ1) is 21.5. The van der Waals surface area contributed by atoms with E-state index in [1.54, 1.807) is 6.20 Å². The van der Waals surface area contributed by atoms with Crippen LogP contribution in [-0.2, 0) is 4.79 Å². The van der Waals surface area contributed by atoms with E-state index >= 15 is 0 Å². The van der Waals surface area contributed by atoms with E-state index in [0.29, 0.717) is 18.9 Å². The van der Waals surface area contributed by atoms with E-state index < -0.39 is 0 Å². The number of pyridine rings is 1. The van der Waals surface area contributed by atoms with Crippen molar-refractivity contribution in [3.05, 3.63) is 24.4 Å². The SMILES string of the molecule is CCN(CC)C(N)=NCCC(=O)N1CCN(c2ccccn2)CC1.I. The first-order valence-electron chi connectivity index (χ1n) is 8.64. The Bertz CT molecular complexity index is 541. The molecule has 7 nitrogen and oxygen atoms in total. The number of aliphatic imine (C=N–C) groups is 1. The summed E-state index contributed by atoms with van der Waals surface area (Å²) in [5.41, 5.74) is 5.92. The van der Waals surface area contributed by atoms with Gasteiger partial charge in [-0.15, -0.1) is 24.0 Å². The molecule has 2 rings (SSSR count). The highest BCUT2D eigenvalue weighted by Gasteiger charge is 2.21. The van der Waals surface area contributed by atoms with Gasteiger partial charge in [0.2, 0.25) is 5.91 Å². The molecule has 1 fully saturated rings. The lowest BCUT2D eigenvalue weighted by atomic mass is 10.2. The summed E-state index contributed by atoms with van der Waals surface area (Å²) in [5.74, 6) is 1.64. The van der Waals surface area contributed by atoms with Crippen LogP contribution in [0.5, 0.6) is 0 Å². The number of nitrogens with two attached hydrogens (primary N) is 1. The number of hydrogen-bond donors (Lipinski definition) is 1. The van der Waals surface area contributed by atoms with Crippen LogP contribution < -0.4 is 10.6 Å². The van der Waals surface area contributed by atoms with Gasteiger partial charge in [0.15, 0.2) is 5.96 Å². The maximum absolute atomic E-state index is 12.3. The van der Waals surface area contributed by atoms with E-state index in [9.17, 15) is 4.79 Å². The molecule has 0 saturated carbocycles. The van der Waals surface area contributed by atoms with Gasteiger partial charge < -0.3 is 20.4 Å². The Balaban J connectivity index is 0.00000312. The summed E-state index contributed by atoms with van der Waals surface area (Å²) in [5, 5.41) is 0. The molecule has 1 aliphatic heterocycles. The zero-order valence-corrected chi connectivity index (χ0v) is 17.4. The van der Waals surface area contributed by atoms with Crippen molar-refractivity contribution in [1.82, 2.24) is 14.8 Å². The number of carbonyl (C=O) groups excluding carboxylic acids is 1. The summed E-state index contributed by atoms with van der Waals surface area (Å²) in [6.07, 6.45) is 2.21. The van der Waals surface area contributed by atoms with Gasteiger partial charge >= 0.3 is 0 Å². The fraction of sp³-hybridized carbons (Fsp3) is 0.588. The van der Waals surface area contributed by atoms with Crippen LogP contribution in [0.15, 0.2) is 29.4 Å². The molecule has 0 bridgehead atoms. The van der Waals surface area contributed by atoms with Gasteiger partial charge in [-0.2, -0.15) is 0 Å². The molecule has 0 atom stereocenters. The van der Waals surface area contributed by atoms with Crippen molar-refractivity contribution in [3.63, 3.8) is 0 Å². The topological polar surface area (TPSA) is 78.1 Å². The van der Waals surface area contributed by atoms with Crippen molar-refractivity contribution in [2.24, 2.45) is 10.7 Å². The number of piperazine rings is 1. The van der Waals surface area contributed by atoms with E-state index in [2.05, 4.69) is 14.9 Å². The van der Waals surface area contributed by atoms with Crippen molar-refractivity contribution in [2.75, 3.05) is 50.7 Å². The number of amides is 1. The molecule has 0 aromatic carbocycles. The summed E-state index contributed by atoms with van der Waals surface area (Å²) in [6.45, 7) is 9.26. The van der Waals surface area contributed by atoms with Gasteiger partial charge in [0.05, 0.1) is 6.54 Å². The van der Waals surface area contributed by atoms with Gasteiger partial charge in [-0.25, -0.2) is 4.98 Å². The molecule has 1 amide bonds. The van der Waals surface area contributed by atoms with Crippen LogP contribution in [0.3, 0.4) is 0 Å². The standard InChI is InChI=1S/C17H28N6O.HI/c1-3-21(4-2)17(18)20-10-8-16(24)23-13-11-22(12-14-23)15-7-5-6-9-19-15;/h5-7,9H,3-4,8,10-14H2,1-2H3,(H2,18,20);1H. The van der Waals surface area contributed by atoms with Gasteiger partial charge in [-0.3, -0.25) is 9.79 Å². The lowest BCUT2D eigenvalue weighted by Crippen LogP contribution is -2.49. The molecule has 1 aromatic heterocycles. The average molecular weight is 460 g/mol. The maximum Gasteiger partial charge on any atom is 0.224 e. The Morgan fingerprint density at radius 3 is 2.48 bits per heavy atom. The molecule has 1 aromatic rings. The summed E-state index contributed by atoms with van der Waals surface area (Å²) < 4.78 is 0. The van der Waals surface area contributed by atoms with Crippen molar-refractivity contribution in [3.8, 4) is 0 Å². The minimum atomic E-state index is 0. The van der Waals surface area contributed by atoms with Gasteiger partial charge in [0, 0.05) is 51.9 Å². The van der Waals surface area contributed by atoms with Crippen LogP contribution in [0.25, 0.3) is 0 Å². The molecule has 0 radical (unpaired) electrons. The van der Waals surface area contributed by atoms with Crippen LogP contribution >= 0.6 is 24.0 Å². The van der Waals surface area contributed by atoms with Crippen molar-refractivity contribution in [2.45, 2.75) is 20.3 Å². The fourth-order valence-electron chi connectivity index (χ4n) is 2.80. The average Bonchev–Trinajstić information content (AvgIpc) is 2.63. The van der Waals surface area contributed by atoms with Crippen molar-refractivity contribution < 1.29 is 4.79 Å². The van der Waals surface area contributed by atoms with Crippen molar-refractivity contribution >= 4 is 41.7 Å². The fourth-order valence-corrected chi connectivity index (χ4v) is 2.80. The van der Waals surface area contributed by atoms with Crippen LogP contribution in [0, 0.1) is 0 Å². The third kappa shape index (κ3) is 6.33. The third-order valence-electron chi connectivity index (χ3n) is 4.29. The summed E-state index contributed by atoms with van der Waals surface area (Å²) in [6, 6.07) is 5.90. The Kier molecular flexibility index (Phi) is 9.54. The Morgan fingerprint density at radius 2 is 1.92 bits per heavy atom. The summed E-state index contributed by atoms with van der Waals surface area (Å²) in [7, 11) is 0. The highest BCUT2D eigenvalue weighted by atomic mass is 127. The number of nitrogens with zero attached hydrogens (tertiary/aromatic N) is 5. The highest BCUT2D eigenvalue weighted by Crippen LogP contribution is 2.12. The maximum atomic E-state index is 12.3. The second-order valence-electron chi connectivity index (χ2n) is 5.72. The normalized spacial score (nSPS) is 14.9. The molecule has 0 aliphatic carbocycles. The number of halogens is 1. The quantitative estimate of drug-likeness (QED) is 0.395. The Labute approximate surface area is 167 Å². The Morgan fingerprint density at radius 1 is 1.24 bits per heavy atom. The second-order valence-corrected chi connectivity index (χ2v) is 5.72. The van der Waals surface area contributed by atoms with E-state index in [1.165, 1.54) is 0 Å². The minimum absolute atomic E-state index is 0. The predicted molar refractivity (Wildman–Crippen MR) is 112 cm³/mol. The molecular formula is C17H29IN6O. The number of guanidine groups is 1. The molecule has 0 unspecified atom stereocenters. The van der Waals surface area contributed by atoms with Gasteiger partial charge in [0.1, 0.15) is 5.82 Å². The van der Waals surface area contributed by atoms with E-state index in [4.69, 9.17) is 5.73 Å². The number of carbonyl (C=O) groups is 1. The van der Waals surface area contributed by atoms with E-state index in [1.807, 2.05) is 41.8 Å². The minimum Gasteiger partial charge on any atom is -0.370 e. The van der Waals surface area contributed by atoms with Crippen LogP contribution in [-0.4, -0.2) is 72.5 Å². The van der Waals surface area contributed by atoms with E-state index in [-0.39, 0.29) is 29.9 Å². The summed E-state index contributed by atoms with van der Waals surface area (Å²) in [4.78, 5) is 27.1. The van der Waals surface area contributed by atoms with Crippen LogP contribution in [0.2, 0.25) is 0 Å². The van der Waals surface area contributed by atoms with E-state index in [0.717, 1.165) is 45.1 Å². The number of hydrogen-bond acceptors (Lipinski definition) is 4. The van der Waals surface area contributed by atoms with Gasteiger partial charge in [0.25, 0.3) is 0 Å². The molecule has 8 heteroatoms. The first-order valence-corrected chi connectivity index (χ1v) is 8.64. The molecule has 2 heterocycles. The second kappa shape index (κ2) is 11.1. The smallest absolute Gasteiger partial charge is 0.224 e. The van der Waals surface area contributed by atoms with Crippen LogP contribution in [0.4, 0.5) is 5.82 Å². The monoisotopic (exact) mass is 460 g/mol. The number of anilines is 1. The zero-order chi connectivity index (χ0) is 17.4. The molecule has 0 spiro atoms. The molecule has 1 aliphatic rings. The molecule has 2 N–H and O–H groups in total.